The number of fused-ring (bicyclic) bond motifs is 2. The summed E-state index contributed by atoms with van der Waals surface area (Å²) in [7, 11) is 1.88. The molecule has 0 unspecified atom stereocenters. The van der Waals surface area contributed by atoms with Gasteiger partial charge in [-0.2, -0.15) is 10.1 Å². The van der Waals surface area contributed by atoms with Crippen LogP contribution in [-0.2, 0) is 7.05 Å². The van der Waals surface area contributed by atoms with E-state index in [-0.39, 0.29) is 5.95 Å². The van der Waals surface area contributed by atoms with E-state index in [2.05, 4.69) is 15.2 Å². The zero-order valence-corrected chi connectivity index (χ0v) is 11.4. The first-order valence-corrected chi connectivity index (χ1v) is 6.46. The lowest BCUT2D eigenvalue weighted by atomic mass is 10.1. The minimum Gasteiger partial charge on any atom is -0.382 e. The van der Waals surface area contributed by atoms with Gasteiger partial charge in [-0.25, -0.2) is 4.52 Å². The lowest BCUT2D eigenvalue weighted by Gasteiger charge is -2.03. The van der Waals surface area contributed by atoms with Crippen molar-refractivity contribution in [2.24, 2.45) is 7.05 Å². The van der Waals surface area contributed by atoms with Crippen LogP contribution in [0, 0.1) is 0 Å². The summed E-state index contributed by atoms with van der Waals surface area (Å²) in [6.45, 7) is 0. The molecule has 0 atom stereocenters. The van der Waals surface area contributed by atoms with Crippen molar-refractivity contribution in [3.63, 3.8) is 0 Å². The van der Waals surface area contributed by atoms with Crippen LogP contribution in [0.15, 0.2) is 36.5 Å². The second-order valence-corrected chi connectivity index (χ2v) is 4.93. The first kappa shape index (κ1) is 11.7. The van der Waals surface area contributed by atoms with Gasteiger partial charge in [-0.15, -0.1) is 5.10 Å². The average Bonchev–Trinajstić information content (AvgIpc) is 2.97. The maximum absolute atomic E-state index is 5.94. The van der Waals surface area contributed by atoms with Gasteiger partial charge in [0.25, 0.3) is 0 Å². The van der Waals surface area contributed by atoms with Crippen molar-refractivity contribution in [1.82, 2.24) is 24.4 Å². The number of hydrogen-bond acceptors (Lipinski definition) is 5. The summed E-state index contributed by atoms with van der Waals surface area (Å²) in [5.41, 5.74) is 15.3. The molecule has 104 valence electrons. The first-order chi connectivity index (χ1) is 10.1. The third kappa shape index (κ3) is 1.71. The maximum atomic E-state index is 5.94. The summed E-state index contributed by atoms with van der Waals surface area (Å²) in [6, 6.07) is 9.99. The molecule has 7 nitrogen and oxygen atoms in total. The summed E-state index contributed by atoms with van der Waals surface area (Å²) >= 11 is 0. The van der Waals surface area contributed by atoms with E-state index in [1.165, 1.54) is 0 Å². The van der Waals surface area contributed by atoms with Crippen molar-refractivity contribution in [2.45, 2.75) is 0 Å². The summed E-state index contributed by atoms with van der Waals surface area (Å²) in [5.74, 6) is 0.793. The molecule has 0 saturated heterocycles. The highest BCUT2D eigenvalue weighted by Crippen LogP contribution is 2.27. The number of nitrogens with two attached hydrogens (primary N) is 2. The number of aromatic nitrogens is 5. The van der Waals surface area contributed by atoms with E-state index in [0.717, 1.165) is 22.0 Å². The van der Waals surface area contributed by atoms with Gasteiger partial charge < -0.3 is 11.5 Å². The van der Waals surface area contributed by atoms with Crippen molar-refractivity contribution in [3.8, 4) is 11.1 Å². The Hall–Kier alpha value is -3.09. The quantitative estimate of drug-likeness (QED) is 0.549. The Morgan fingerprint density at radius 3 is 2.67 bits per heavy atom. The van der Waals surface area contributed by atoms with Gasteiger partial charge in [-0.3, -0.25) is 4.68 Å². The van der Waals surface area contributed by atoms with E-state index < -0.39 is 0 Å². The normalized spacial score (nSPS) is 11.5. The highest BCUT2D eigenvalue weighted by atomic mass is 15.3. The maximum Gasteiger partial charge on any atom is 0.240 e. The van der Waals surface area contributed by atoms with Crippen molar-refractivity contribution < 1.29 is 0 Å². The van der Waals surface area contributed by atoms with E-state index in [1.807, 2.05) is 43.6 Å². The van der Waals surface area contributed by atoms with Gasteiger partial charge in [-0.05, 0) is 35.4 Å². The summed E-state index contributed by atoms with van der Waals surface area (Å²) < 4.78 is 3.42. The molecule has 3 heterocycles. The fourth-order valence-electron chi connectivity index (χ4n) is 2.55. The largest absolute Gasteiger partial charge is 0.382 e. The van der Waals surface area contributed by atoms with Crippen LogP contribution in [0.2, 0.25) is 0 Å². The third-order valence-electron chi connectivity index (χ3n) is 3.57. The van der Waals surface area contributed by atoms with E-state index in [0.29, 0.717) is 11.5 Å². The van der Waals surface area contributed by atoms with Gasteiger partial charge in [0, 0.05) is 18.6 Å². The molecule has 0 fully saturated rings. The second kappa shape index (κ2) is 3.95. The Kier molecular flexibility index (Phi) is 2.20. The summed E-state index contributed by atoms with van der Waals surface area (Å²) in [4.78, 5) is 4.17. The van der Waals surface area contributed by atoms with Crippen LogP contribution in [0.4, 0.5) is 11.8 Å². The molecule has 3 aromatic heterocycles. The number of benzene rings is 1. The second-order valence-electron chi connectivity index (χ2n) is 4.93. The number of hydrogen-bond donors (Lipinski definition) is 2. The van der Waals surface area contributed by atoms with Crippen molar-refractivity contribution in [3.05, 3.63) is 36.5 Å². The molecular weight excluding hydrogens is 266 g/mol. The smallest absolute Gasteiger partial charge is 0.240 e. The molecule has 4 N–H and O–H groups in total. The Morgan fingerprint density at radius 2 is 1.81 bits per heavy atom. The molecule has 0 saturated carbocycles. The van der Waals surface area contributed by atoms with Crippen LogP contribution >= 0.6 is 0 Å². The molecule has 4 rings (SSSR count). The van der Waals surface area contributed by atoms with Crippen molar-refractivity contribution in [1.29, 1.82) is 0 Å². The highest BCUT2D eigenvalue weighted by Gasteiger charge is 2.08. The number of nitrogens with zero attached hydrogens (tertiary/aromatic N) is 5. The Bertz CT molecular complexity index is 980. The fourth-order valence-corrected chi connectivity index (χ4v) is 2.55. The average molecular weight is 279 g/mol. The van der Waals surface area contributed by atoms with Crippen LogP contribution in [0.5, 0.6) is 0 Å². The van der Waals surface area contributed by atoms with E-state index >= 15 is 0 Å². The monoisotopic (exact) mass is 279 g/mol. The first-order valence-electron chi connectivity index (χ1n) is 6.46. The van der Waals surface area contributed by atoms with Gasteiger partial charge >= 0.3 is 0 Å². The van der Waals surface area contributed by atoms with Crippen LogP contribution < -0.4 is 11.5 Å². The molecule has 0 aliphatic carbocycles. The topological polar surface area (TPSA) is 100 Å². The number of aryl methyl sites for hydroxylation is 1. The number of rotatable bonds is 1. The molecule has 0 aliphatic heterocycles. The molecule has 0 radical (unpaired) electrons. The zero-order chi connectivity index (χ0) is 14.6. The minimum absolute atomic E-state index is 0.263. The van der Waals surface area contributed by atoms with Gasteiger partial charge in [0.1, 0.15) is 0 Å². The lowest BCUT2D eigenvalue weighted by Crippen LogP contribution is -1.91. The molecule has 21 heavy (non-hydrogen) atoms. The number of anilines is 2. The molecule has 0 bridgehead atoms. The third-order valence-corrected chi connectivity index (χ3v) is 3.57. The van der Waals surface area contributed by atoms with Crippen molar-refractivity contribution in [2.75, 3.05) is 11.5 Å². The molecule has 4 aromatic rings. The number of nitrogen functional groups attached to an aromatic ring is 2. The Morgan fingerprint density at radius 1 is 1.00 bits per heavy atom. The standard InChI is InChI=1S/C14H13N7/c1-20-11-3-2-8(6-10(11)13(15)18-20)9-4-5-21-12(7-9)17-14(16)19-21/h2-7H,1H3,(H2,15,18)(H2,16,19). The predicted octanol–water partition coefficient (Wildman–Crippen LogP) is 1.45. The highest BCUT2D eigenvalue weighted by molar-refractivity contribution is 5.92. The lowest BCUT2D eigenvalue weighted by molar-refractivity contribution is 0.802. The fraction of sp³-hybridized carbons (Fsp3) is 0.0714. The minimum atomic E-state index is 0.263. The summed E-state index contributed by atoms with van der Waals surface area (Å²) in [5, 5.41) is 9.24. The summed E-state index contributed by atoms with van der Waals surface area (Å²) in [6.07, 6.45) is 1.84. The van der Waals surface area contributed by atoms with Crippen LogP contribution in [0.3, 0.4) is 0 Å². The van der Waals surface area contributed by atoms with Crippen LogP contribution in [0.1, 0.15) is 0 Å². The van der Waals surface area contributed by atoms with Gasteiger partial charge in [0.2, 0.25) is 5.95 Å². The Labute approximate surface area is 119 Å². The molecule has 0 spiro atoms. The van der Waals surface area contributed by atoms with E-state index in [1.54, 1.807) is 9.20 Å². The van der Waals surface area contributed by atoms with Crippen LogP contribution in [0.25, 0.3) is 27.7 Å². The molecule has 7 heteroatoms. The molecule has 1 aromatic carbocycles. The SMILES string of the molecule is Cn1nc(N)c2cc(-c3ccn4nc(N)nc4c3)ccc21. The Balaban J connectivity index is 1.92. The predicted molar refractivity (Wildman–Crippen MR) is 81.5 cm³/mol. The zero-order valence-electron chi connectivity index (χ0n) is 11.4. The molecule has 0 amide bonds. The molecule has 0 aliphatic rings. The number of pyridine rings is 1. The van der Waals surface area contributed by atoms with E-state index in [9.17, 15) is 0 Å². The molecular formula is C14H13N7. The van der Waals surface area contributed by atoms with E-state index in [4.69, 9.17) is 11.5 Å². The van der Waals surface area contributed by atoms with Crippen molar-refractivity contribution >= 4 is 28.3 Å². The van der Waals surface area contributed by atoms with Gasteiger partial charge in [-0.1, -0.05) is 6.07 Å². The van der Waals surface area contributed by atoms with Gasteiger partial charge in [0.15, 0.2) is 11.5 Å². The van der Waals surface area contributed by atoms with Gasteiger partial charge in [0.05, 0.1) is 5.52 Å². The van der Waals surface area contributed by atoms with Crippen LogP contribution in [-0.4, -0.2) is 24.4 Å².